The Morgan fingerprint density at radius 3 is 2.67 bits per heavy atom. The summed E-state index contributed by atoms with van der Waals surface area (Å²) in [4.78, 5) is 0. The Balaban J connectivity index is 2.48. The van der Waals surface area contributed by atoms with E-state index >= 15 is 0 Å². The number of phenolic OH excluding ortho intramolecular Hbond substituents is 1. The molecule has 0 aliphatic heterocycles. The van der Waals surface area contributed by atoms with E-state index in [2.05, 4.69) is 0 Å². The average molecular weight is 167 g/mol. The fraction of sp³-hybridized carbons (Fsp3) is 0.333. The highest BCUT2D eigenvalue weighted by Crippen LogP contribution is 2.44. The van der Waals surface area contributed by atoms with Gasteiger partial charge in [0, 0.05) is 11.1 Å². The molecule has 3 heteroatoms. The van der Waals surface area contributed by atoms with Gasteiger partial charge in [0.2, 0.25) is 0 Å². The molecule has 0 saturated heterocycles. The number of phenols is 1. The maximum atomic E-state index is 13.1. The van der Waals surface area contributed by atoms with Crippen LogP contribution >= 0.6 is 0 Å². The molecule has 12 heavy (non-hydrogen) atoms. The van der Waals surface area contributed by atoms with E-state index in [4.69, 9.17) is 10.8 Å². The highest BCUT2D eigenvalue weighted by atomic mass is 19.1. The standard InChI is InChI=1S/C9H10FNO/c10-8-2-1-6(12)5-7(8)9(11)3-4-9/h1-2,5,12H,3-4,11H2. The minimum atomic E-state index is -0.511. The molecule has 1 saturated carbocycles. The highest BCUT2D eigenvalue weighted by Gasteiger charge is 2.42. The molecule has 1 fully saturated rings. The summed E-state index contributed by atoms with van der Waals surface area (Å²) in [5, 5.41) is 9.11. The molecule has 2 rings (SSSR count). The fourth-order valence-corrected chi connectivity index (χ4v) is 1.30. The Morgan fingerprint density at radius 2 is 2.08 bits per heavy atom. The summed E-state index contributed by atoms with van der Waals surface area (Å²) in [5.74, 6) is -0.254. The van der Waals surface area contributed by atoms with E-state index in [9.17, 15) is 4.39 Å². The van der Waals surface area contributed by atoms with Gasteiger partial charge in [-0.15, -0.1) is 0 Å². The first-order chi connectivity index (χ1) is 5.62. The van der Waals surface area contributed by atoms with Crippen molar-refractivity contribution in [1.82, 2.24) is 0 Å². The number of halogens is 1. The maximum Gasteiger partial charge on any atom is 0.128 e. The van der Waals surface area contributed by atoms with Crippen molar-refractivity contribution in [3.63, 3.8) is 0 Å². The first-order valence-corrected chi connectivity index (χ1v) is 3.90. The third-order valence-corrected chi connectivity index (χ3v) is 2.28. The third kappa shape index (κ3) is 1.06. The average Bonchev–Trinajstić information content (AvgIpc) is 2.75. The van der Waals surface area contributed by atoms with Crippen molar-refractivity contribution in [2.45, 2.75) is 18.4 Å². The van der Waals surface area contributed by atoms with Gasteiger partial charge >= 0.3 is 0 Å². The quantitative estimate of drug-likeness (QED) is 0.665. The van der Waals surface area contributed by atoms with Gasteiger partial charge in [-0.1, -0.05) is 0 Å². The van der Waals surface area contributed by atoms with Crippen LogP contribution in [-0.4, -0.2) is 5.11 Å². The summed E-state index contributed by atoms with van der Waals surface area (Å²) in [6.07, 6.45) is 1.60. The van der Waals surface area contributed by atoms with Crippen LogP contribution in [0.2, 0.25) is 0 Å². The molecule has 2 nitrogen and oxygen atoms in total. The molecule has 0 unspecified atom stereocenters. The number of benzene rings is 1. The van der Waals surface area contributed by atoms with Crippen molar-refractivity contribution in [1.29, 1.82) is 0 Å². The van der Waals surface area contributed by atoms with Crippen molar-refractivity contribution >= 4 is 0 Å². The first-order valence-electron chi connectivity index (χ1n) is 3.90. The zero-order valence-corrected chi connectivity index (χ0v) is 6.55. The van der Waals surface area contributed by atoms with Crippen molar-refractivity contribution in [3.8, 4) is 5.75 Å². The Morgan fingerprint density at radius 1 is 1.42 bits per heavy atom. The van der Waals surface area contributed by atoms with Gasteiger partial charge in [0.1, 0.15) is 11.6 Å². The van der Waals surface area contributed by atoms with Gasteiger partial charge in [-0.2, -0.15) is 0 Å². The molecular weight excluding hydrogens is 157 g/mol. The molecule has 0 amide bonds. The minimum absolute atomic E-state index is 0.0723. The molecule has 64 valence electrons. The van der Waals surface area contributed by atoms with Crippen LogP contribution < -0.4 is 5.73 Å². The Bertz CT molecular complexity index is 320. The SMILES string of the molecule is NC1(c2cc(O)ccc2F)CC1. The van der Waals surface area contributed by atoms with Crippen LogP contribution in [0.15, 0.2) is 18.2 Å². The van der Waals surface area contributed by atoms with Crippen molar-refractivity contribution in [3.05, 3.63) is 29.6 Å². The number of rotatable bonds is 1. The zero-order chi connectivity index (χ0) is 8.77. The topological polar surface area (TPSA) is 46.2 Å². The van der Waals surface area contributed by atoms with Gasteiger partial charge in [0.05, 0.1) is 0 Å². The van der Waals surface area contributed by atoms with E-state index in [1.807, 2.05) is 0 Å². The number of hydrogen-bond donors (Lipinski definition) is 2. The lowest BCUT2D eigenvalue weighted by molar-refractivity contribution is 0.468. The molecule has 1 aromatic carbocycles. The van der Waals surface area contributed by atoms with Gasteiger partial charge in [-0.25, -0.2) is 4.39 Å². The van der Waals surface area contributed by atoms with E-state index in [0.29, 0.717) is 5.56 Å². The molecule has 0 radical (unpaired) electrons. The molecule has 1 aliphatic carbocycles. The zero-order valence-electron chi connectivity index (χ0n) is 6.55. The Kier molecular flexibility index (Phi) is 1.38. The lowest BCUT2D eigenvalue weighted by Crippen LogP contribution is -2.20. The summed E-state index contributed by atoms with van der Waals surface area (Å²) in [6.45, 7) is 0. The van der Waals surface area contributed by atoms with Gasteiger partial charge in [-0.05, 0) is 31.0 Å². The molecule has 3 N–H and O–H groups in total. The smallest absolute Gasteiger partial charge is 0.128 e. The van der Waals surface area contributed by atoms with Gasteiger partial charge in [-0.3, -0.25) is 0 Å². The molecular formula is C9H10FNO. The number of hydrogen-bond acceptors (Lipinski definition) is 2. The number of aromatic hydroxyl groups is 1. The normalized spacial score (nSPS) is 19.2. The van der Waals surface area contributed by atoms with Crippen LogP contribution in [0.1, 0.15) is 18.4 Å². The van der Waals surface area contributed by atoms with Crippen LogP contribution in [0, 0.1) is 5.82 Å². The van der Waals surface area contributed by atoms with Crippen LogP contribution in [0.3, 0.4) is 0 Å². The maximum absolute atomic E-state index is 13.1. The summed E-state index contributed by atoms with van der Waals surface area (Å²) in [6, 6.07) is 3.98. The second-order valence-corrected chi connectivity index (χ2v) is 3.32. The van der Waals surface area contributed by atoms with Gasteiger partial charge in [0.15, 0.2) is 0 Å². The minimum Gasteiger partial charge on any atom is -0.508 e. The van der Waals surface area contributed by atoms with Gasteiger partial charge in [0.25, 0.3) is 0 Å². The predicted octanol–water partition coefficient (Wildman–Crippen LogP) is 1.48. The monoisotopic (exact) mass is 167 g/mol. The second kappa shape index (κ2) is 2.20. The molecule has 0 heterocycles. The van der Waals surface area contributed by atoms with Gasteiger partial charge < -0.3 is 10.8 Å². The lowest BCUT2D eigenvalue weighted by atomic mass is 10.1. The van der Waals surface area contributed by atoms with Crippen molar-refractivity contribution in [2.24, 2.45) is 5.73 Å². The molecule has 0 atom stereocenters. The van der Waals surface area contributed by atoms with E-state index in [1.54, 1.807) is 0 Å². The predicted molar refractivity (Wildman–Crippen MR) is 43.2 cm³/mol. The molecule has 0 aromatic heterocycles. The fourth-order valence-electron chi connectivity index (χ4n) is 1.30. The molecule has 0 spiro atoms. The summed E-state index contributed by atoms with van der Waals surface area (Å²) < 4.78 is 13.1. The largest absolute Gasteiger partial charge is 0.508 e. The Labute approximate surface area is 69.8 Å². The van der Waals surface area contributed by atoms with Crippen molar-refractivity contribution in [2.75, 3.05) is 0 Å². The highest BCUT2D eigenvalue weighted by molar-refractivity contribution is 5.36. The van der Waals surface area contributed by atoms with Crippen LogP contribution in [0.25, 0.3) is 0 Å². The lowest BCUT2D eigenvalue weighted by Gasteiger charge is -2.09. The van der Waals surface area contributed by atoms with Crippen molar-refractivity contribution < 1.29 is 9.50 Å². The third-order valence-electron chi connectivity index (χ3n) is 2.28. The van der Waals surface area contributed by atoms with Crippen LogP contribution in [0.5, 0.6) is 5.75 Å². The van der Waals surface area contributed by atoms with E-state index < -0.39 is 5.54 Å². The summed E-state index contributed by atoms with van der Waals surface area (Å²) in [7, 11) is 0. The second-order valence-electron chi connectivity index (χ2n) is 3.32. The van der Waals surface area contributed by atoms with Crippen LogP contribution in [-0.2, 0) is 5.54 Å². The molecule has 0 bridgehead atoms. The van der Waals surface area contributed by atoms with E-state index in [0.717, 1.165) is 12.8 Å². The van der Waals surface area contributed by atoms with E-state index in [-0.39, 0.29) is 11.6 Å². The summed E-state index contributed by atoms with van der Waals surface area (Å²) >= 11 is 0. The molecule has 1 aliphatic rings. The van der Waals surface area contributed by atoms with Crippen LogP contribution in [0.4, 0.5) is 4.39 Å². The molecule has 1 aromatic rings. The van der Waals surface area contributed by atoms with E-state index in [1.165, 1.54) is 18.2 Å². The Hall–Kier alpha value is -1.09. The number of nitrogens with two attached hydrogens (primary N) is 1. The first kappa shape index (κ1) is 7.55. The summed E-state index contributed by atoms with van der Waals surface area (Å²) in [5.41, 5.74) is 5.71.